The first-order valence-corrected chi connectivity index (χ1v) is 15.3. The third-order valence-electron chi connectivity index (χ3n) is 6.83. The number of hydrogen-bond donors (Lipinski definition) is 2. The van der Waals surface area contributed by atoms with Crippen molar-refractivity contribution in [3.05, 3.63) is 44.7 Å². The van der Waals surface area contributed by atoms with E-state index in [1.807, 2.05) is 19.1 Å². The molecule has 10 heteroatoms. The molecule has 0 unspecified atom stereocenters. The van der Waals surface area contributed by atoms with Gasteiger partial charge in [0.05, 0.1) is 10.5 Å². The quantitative estimate of drug-likeness (QED) is 0.127. The third-order valence-corrected chi connectivity index (χ3v) is 8.21. The molecule has 2 N–H and O–H groups in total. The monoisotopic (exact) mass is 572 g/mol. The molecule has 1 fully saturated rings. The second-order valence-electron chi connectivity index (χ2n) is 10.0. The highest BCUT2D eigenvalue weighted by atomic mass is 32.2. The number of carbonyl (C=O) groups is 2. The van der Waals surface area contributed by atoms with Crippen LogP contribution in [-0.4, -0.2) is 48.7 Å². The standard InChI is InChI=1S/C29H40N4O4S2/c1-3-4-12-17-30-25-22(27(36)32-19-14-15-21(2)26(32)31-25)20-23-28(37)33(29(38)39-23)18-13-10-8-6-5-7-9-11-16-24(34)35/h14-15,19-20,30H,3-13,16-18H2,1-2H3,(H,34,35)/b23-20+. The molecule has 0 spiro atoms. The van der Waals surface area contributed by atoms with Gasteiger partial charge in [-0.1, -0.05) is 88.3 Å². The zero-order chi connectivity index (χ0) is 28.2. The maximum atomic E-state index is 13.5. The molecular formula is C29H40N4O4S2. The van der Waals surface area contributed by atoms with Crippen LogP contribution in [0, 0.1) is 6.92 Å². The molecule has 39 heavy (non-hydrogen) atoms. The zero-order valence-electron chi connectivity index (χ0n) is 23.0. The predicted molar refractivity (Wildman–Crippen MR) is 163 cm³/mol. The molecule has 1 saturated heterocycles. The van der Waals surface area contributed by atoms with Crippen LogP contribution in [0.5, 0.6) is 0 Å². The highest BCUT2D eigenvalue weighted by Gasteiger charge is 2.32. The number of amides is 1. The predicted octanol–water partition coefficient (Wildman–Crippen LogP) is 6.40. The molecule has 8 nitrogen and oxygen atoms in total. The number of carboxylic acid groups (broad SMARTS) is 1. The molecule has 0 aliphatic carbocycles. The molecule has 1 aliphatic rings. The van der Waals surface area contributed by atoms with Gasteiger partial charge in [-0.15, -0.1) is 0 Å². The second kappa shape index (κ2) is 15.8. The number of aryl methyl sites for hydroxylation is 1. The number of thiocarbonyl (C=S) groups is 1. The van der Waals surface area contributed by atoms with Gasteiger partial charge in [-0.3, -0.25) is 23.7 Å². The van der Waals surface area contributed by atoms with Crippen LogP contribution in [0.3, 0.4) is 0 Å². The summed E-state index contributed by atoms with van der Waals surface area (Å²) in [7, 11) is 0. The van der Waals surface area contributed by atoms with Crippen LogP contribution in [-0.2, 0) is 9.59 Å². The Hall–Kier alpha value is -2.72. The fraction of sp³-hybridized carbons (Fsp3) is 0.552. The number of anilines is 1. The number of pyridine rings is 1. The fourth-order valence-corrected chi connectivity index (χ4v) is 5.88. The second-order valence-corrected chi connectivity index (χ2v) is 11.7. The Kier molecular flexibility index (Phi) is 12.5. The van der Waals surface area contributed by atoms with E-state index in [1.54, 1.807) is 17.2 Å². The lowest BCUT2D eigenvalue weighted by Gasteiger charge is -2.14. The molecule has 2 aromatic heterocycles. The first kappa shape index (κ1) is 30.8. The molecule has 0 atom stereocenters. The van der Waals surface area contributed by atoms with E-state index in [1.165, 1.54) is 16.2 Å². The number of carbonyl (C=O) groups excluding carboxylic acids is 1. The van der Waals surface area contributed by atoms with Gasteiger partial charge in [-0.25, -0.2) is 4.98 Å². The molecule has 1 amide bonds. The number of nitrogens with one attached hydrogen (secondary N) is 1. The molecule has 0 radical (unpaired) electrons. The van der Waals surface area contributed by atoms with Crippen molar-refractivity contribution in [3.63, 3.8) is 0 Å². The normalized spacial score (nSPS) is 14.6. The summed E-state index contributed by atoms with van der Waals surface area (Å²) in [6.45, 7) is 5.34. The van der Waals surface area contributed by atoms with Gasteiger partial charge < -0.3 is 10.4 Å². The van der Waals surface area contributed by atoms with E-state index in [2.05, 4.69) is 12.2 Å². The van der Waals surface area contributed by atoms with E-state index in [-0.39, 0.29) is 17.9 Å². The Bertz CT molecular complexity index is 1260. The Morgan fingerprint density at radius 2 is 1.77 bits per heavy atom. The summed E-state index contributed by atoms with van der Waals surface area (Å²) in [5, 5.41) is 12.0. The lowest BCUT2D eigenvalue weighted by molar-refractivity contribution is -0.137. The Morgan fingerprint density at radius 3 is 2.46 bits per heavy atom. The Morgan fingerprint density at radius 1 is 1.08 bits per heavy atom. The van der Waals surface area contributed by atoms with E-state index in [0.717, 1.165) is 76.2 Å². The lowest BCUT2D eigenvalue weighted by atomic mass is 10.1. The average molecular weight is 573 g/mol. The van der Waals surface area contributed by atoms with Crippen LogP contribution in [0.2, 0.25) is 0 Å². The number of rotatable bonds is 17. The molecule has 0 aromatic carbocycles. The SMILES string of the molecule is CCCCCNc1nc2c(C)cccn2c(=O)c1/C=C1/SC(=S)N(CCCCCCCCCCC(=O)O)C1=O. The number of aromatic nitrogens is 2. The maximum Gasteiger partial charge on any atom is 0.303 e. The van der Waals surface area contributed by atoms with Crippen LogP contribution >= 0.6 is 24.0 Å². The Balaban J connectivity index is 1.62. The van der Waals surface area contributed by atoms with Gasteiger partial charge in [0, 0.05) is 25.7 Å². The van der Waals surface area contributed by atoms with Crippen LogP contribution in [0.4, 0.5) is 5.82 Å². The average Bonchev–Trinajstić information content (AvgIpc) is 3.17. The molecule has 3 heterocycles. The highest BCUT2D eigenvalue weighted by molar-refractivity contribution is 8.26. The van der Waals surface area contributed by atoms with Crippen LogP contribution in [0.1, 0.15) is 95.1 Å². The fourth-order valence-electron chi connectivity index (χ4n) is 4.59. The smallest absolute Gasteiger partial charge is 0.303 e. The van der Waals surface area contributed by atoms with E-state index in [4.69, 9.17) is 22.3 Å². The number of unbranched alkanes of at least 4 members (excludes halogenated alkanes) is 9. The van der Waals surface area contributed by atoms with Crippen molar-refractivity contribution in [1.29, 1.82) is 0 Å². The highest BCUT2D eigenvalue weighted by Crippen LogP contribution is 2.33. The van der Waals surface area contributed by atoms with Crippen molar-refractivity contribution < 1.29 is 14.7 Å². The number of aliphatic carboxylic acids is 1. The van der Waals surface area contributed by atoms with Crippen LogP contribution < -0.4 is 10.9 Å². The minimum Gasteiger partial charge on any atom is -0.481 e. The number of nitrogens with zero attached hydrogens (tertiary/aromatic N) is 3. The summed E-state index contributed by atoms with van der Waals surface area (Å²) in [6, 6.07) is 3.75. The van der Waals surface area contributed by atoms with Crippen molar-refractivity contribution in [1.82, 2.24) is 14.3 Å². The number of fused-ring (bicyclic) bond motifs is 1. The van der Waals surface area contributed by atoms with E-state index >= 15 is 0 Å². The molecule has 3 rings (SSSR count). The van der Waals surface area contributed by atoms with Gasteiger partial charge in [0.25, 0.3) is 11.5 Å². The minimum absolute atomic E-state index is 0.158. The number of hydrogen-bond acceptors (Lipinski definition) is 7. The third kappa shape index (κ3) is 8.89. The molecule has 1 aliphatic heterocycles. The zero-order valence-corrected chi connectivity index (χ0v) is 24.7. The largest absolute Gasteiger partial charge is 0.481 e. The number of carboxylic acids is 1. The van der Waals surface area contributed by atoms with Gasteiger partial charge in [0.2, 0.25) is 0 Å². The summed E-state index contributed by atoms with van der Waals surface area (Å²) in [4.78, 5) is 44.1. The Labute approximate surface area is 240 Å². The van der Waals surface area contributed by atoms with E-state index < -0.39 is 5.97 Å². The molecule has 2 aromatic rings. The van der Waals surface area contributed by atoms with Gasteiger partial charge >= 0.3 is 5.97 Å². The topological polar surface area (TPSA) is 104 Å². The first-order valence-electron chi connectivity index (χ1n) is 14.1. The lowest BCUT2D eigenvalue weighted by Crippen LogP contribution is -2.29. The van der Waals surface area contributed by atoms with E-state index in [9.17, 15) is 14.4 Å². The van der Waals surface area contributed by atoms with Crippen molar-refractivity contribution in [2.45, 2.75) is 90.9 Å². The van der Waals surface area contributed by atoms with Crippen molar-refractivity contribution in [3.8, 4) is 0 Å². The van der Waals surface area contributed by atoms with Crippen LogP contribution in [0.25, 0.3) is 11.7 Å². The molecule has 0 saturated carbocycles. The van der Waals surface area contributed by atoms with Crippen molar-refractivity contribution >= 4 is 57.7 Å². The van der Waals surface area contributed by atoms with Gasteiger partial charge in [-0.05, 0) is 43.9 Å². The molecular weight excluding hydrogens is 532 g/mol. The van der Waals surface area contributed by atoms with Gasteiger partial charge in [-0.2, -0.15) is 0 Å². The molecule has 212 valence electrons. The molecule has 0 bridgehead atoms. The summed E-state index contributed by atoms with van der Waals surface area (Å²) >= 11 is 6.76. The van der Waals surface area contributed by atoms with Crippen LogP contribution in [0.15, 0.2) is 28.0 Å². The summed E-state index contributed by atoms with van der Waals surface area (Å²) in [5.74, 6) is -0.385. The summed E-state index contributed by atoms with van der Waals surface area (Å²) in [5.41, 5.74) is 1.67. The first-order chi connectivity index (χ1) is 18.8. The van der Waals surface area contributed by atoms with Gasteiger partial charge in [0.15, 0.2) is 0 Å². The number of thioether (sulfide) groups is 1. The van der Waals surface area contributed by atoms with Crippen molar-refractivity contribution in [2.24, 2.45) is 0 Å². The van der Waals surface area contributed by atoms with E-state index in [0.29, 0.717) is 39.3 Å². The van der Waals surface area contributed by atoms with Gasteiger partial charge in [0.1, 0.15) is 15.8 Å². The summed E-state index contributed by atoms with van der Waals surface area (Å²) in [6.07, 6.45) is 14.7. The summed E-state index contributed by atoms with van der Waals surface area (Å²) < 4.78 is 2.05. The van der Waals surface area contributed by atoms with Crippen molar-refractivity contribution in [2.75, 3.05) is 18.4 Å². The minimum atomic E-state index is -0.726. The maximum absolute atomic E-state index is 13.5.